The molecule has 0 aliphatic carbocycles. The first-order valence-electron chi connectivity index (χ1n) is 7.95. The van der Waals surface area contributed by atoms with Gasteiger partial charge in [0.05, 0.1) is 12.0 Å². The van der Waals surface area contributed by atoms with Gasteiger partial charge in [0, 0.05) is 29.2 Å². The van der Waals surface area contributed by atoms with Crippen LogP contribution >= 0.6 is 0 Å². The van der Waals surface area contributed by atoms with Gasteiger partial charge in [0.1, 0.15) is 5.69 Å². The quantitative estimate of drug-likeness (QED) is 0.721. The Balaban J connectivity index is 1.86. The van der Waals surface area contributed by atoms with Gasteiger partial charge in [-0.05, 0) is 30.3 Å². The smallest absolute Gasteiger partial charge is 0.416 e. The number of hydrogen-bond acceptors (Lipinski definition) is 2. The Hall–Kier alpha value is -3.29. The lowest BCUT2D eigenvalue weighted by Crippen LogP contribution is -2.17. The van der Waals surface area contributed by atoms with Crippen molar-refractivity contribution in [3.05, 3.63) is 65.4 Å². The fraction of sp³-hybridized carbons (Fsp3) is 0.158. The van der Waals surface area contributed by atoms with Crippen molar-refractivity contribution in [2.45, 2.75) is 12.6 Å². The molecular formula is C19H15F3N2O3. The second-order valence-corrected chi connectivity index (χ2v) is 6.01. The molecule has 0 unspecified atom stereocenters. The molecule has 0 aliphatic rings. The molecule has 0 aliphatic heterocycles. The summed E-state index contributed by atoms with van der Waals surface area (Å²) >= 11 is 0. The first kappa shape index (κ1) is 18.5. The first-order valence-corrected chi connectivity index (χ1v) is 7.95. The summed E-state index contributed by atoms with van der Waals surface area (Å²) in [5.41, 5.74) is 0.406. The van der Waals surface area contributed by atoms with Crippen LogP contribution in [0.2, 0.25) is 0 Å². The van der Waals surface area contributed by atoms with Crippen LogP contribution in [-0.4, -0.2) is 21.6 Å². The van der Waals surface area contributed by atoms with Crippen LogP contribution in [0, 0.1) is 0 Å². The van der Waals surface area contributed by atoms with Crippen LogP contribution < -0.4 is 5.32 Å². The molecule has 0 radical (unpaired) electrons. The third kappa shape index (κ3) is 3.64. The molecule has 0 saturated carbocycles. The fourth-order valence-electron chi connectivity index (χ4n) is 3.03. The highest BCUT2D eigenvalue weighted by Gasteiger charge is 2.30. The Morgan fingerprint density at radius 3 is 2.30 bits per heavy atom. The molecule has 0 bridgehead atoms. The number of benzene rings is 2. The maximum Gasteiger partial charge on any atom is 0.416 e. The Kier molecular flexibility index (Phi) is 4.65. The van der Waals surface area contributed by atoms with Gasteiger partial charge in [-0.1, -0.05) is 18.2 Å². The lowest BCUT2D eigenvalue weighted by molar-refractivity contribution is -0.137. The third-order valence-corrected chi connectivity index (χ3v) is 4.25. The van der Waals surface area contributed by atoms with E-state index >= 15 is 0 Å². The number of carboxylic acids is 1. The van der Waals surface area contributed by atoms with Crippen molar-refractivity contribution in [2.75, 3.05) is 5.32 Å². The average molecular weight is 376 g/mol. The molecule has 1 aromatic heterocycles. The number of hydrogen-bond donors (Lipinski definition) is 2. The molecule has 140 valence electrons. The summed E-state index contributed by atoms with van der Waals surface area (Å²) in [4.78, 5) is 24.0. The van der Waals surface area contributed by atoms with Crippen LogP contribution in [0.1, 0.15) is 21.6 Å². The van der Waals surface area contributed by atoms with Crippen molar-refractivity contribution in [3.8, 4) is 0 Å². The molecule has 3 rings (SSSR count). The molecule has 5 nitrogen and oxygen atoms in total. The van der Waals surface area contributed by atoms with Crippen LogP contribution in [0.5, 0.6) is 0 Å². The molecule has 0 fully saturated rings. The molecule has 8 heteroatoms. The number of amides is 1. The van der Waals surface area contributed by atoms with Gasteiger partial charge in [0.15, 0.2) is 0 Å². The number of nitrogens with zero attached hydrogens (tertiary/aromatic N) is 1. The molecular weight excluding hydrogens is 361 g/mol. The van der Waals surface area contributed by atoms with Gasteiger partial charge < -0.3 is 15.0 Å². The van der Waals surface area contributed by atoms with Crippen LogP contribution in [0.25, 0.3) is 10.9 Å². The summed E-state index contributed by atoms with van der Waals surface area (Å²) in [6.45, 7) is 0. The van der Waals surface area contributed by atoms with Gasteiger partial charge in [-0.2, -0.15) is 13.2 Å². The number of halogens is 3. The van der Waals surface area contributed by atoms with Gasteiger partial charge in [0.2, 0.25) is 5.91 Å². The van der Waals surface area contributed by atoms with E-state index in [0.29, 0.717) is 16.5 Å². The van der Waals surface area contributed by atoms with Crippen molar-refractivity contribution < 1.29 is 27.9 Å². The Bertz CT molecular complexity index is 1020. The number of nitrogens with one attached hydrogen (secondary N) is 1. The minimum absolute atomic E-state index is 0.00114. The van der Waals surface area contributed by atoms with Crippen molar-refractivity contribution >= 4 is 28.5 Å². The predicted molar refractivity (Wildman–Crippen MR) is 93.7 cm³/mol. The number of aryl methyl sites for hydroxylation is 1. The summed E-state index contributed by atoms with van der Waals surface area (Å²) in [7, 11) is 1.60. The highest BCUT2D eigenvalue weighted by Crippen LogP contribution is 2.30. The number of para-hydroxylation sites is 1. The number of carbonyl (C=O) groups excluding carboxylic acids is 1. The maximum atomic E-state index is 12.6. The zero-order valence-corrected chi connectivity index (χ0v) is 14.2. The van der Waals surface area contributed by atoms with E-state index in [0.717, 1.165) is 24.3 Å². The topological polar surface area (TPSA) is 71.3 Å². The number of carbonyl (C=O) groups is 2. The van der Waals surface area contributed by atoms with E-state index in [2.05, 4.69) is 5.32 Å². The van der Waals surface area contributed by atoms with E-state index in [1.54, 1.807) is 31.3 Å². The van der Waals surface area contributed by atoms with E-state index in [-0.39, 0.29) is 17.8 Å². The summed E-state index contributed by atoms with van der Waals surface area (Å²) in [5.74, 6) is -1.68. The number of aromatic nitrogens is 1. The maximum absolute atomic E-state index is 12.6. The summed E-state index contributed by atoms with van der Waals surface area (Å²) in [6, 6.07) is 11.0. The van der Waals surface area contributed by atoms with Gasteiger partial charge in [0.25, 0.3) is 0 Å². The number of fused-ring (bicyclic) bond motifs is 1. The molecule has 2 N–H and O–H groups in total. The SMILES string of the molecule is Cn1c(C(=O)O)c(CC(=O)Nc2ccc(C(F)(F)F)cc2)c2ccccc21. The number of aromatic carboxylic acids is 1. The van der Waals surface area contributed by atoms with Crippen LogP contribution in [0.4, 0.5) is 18.9 Å². The Morgan fingerprint density at radius 2 is 1.70 bits per heavy atom. The van der Waals surface area contributed by atoms with Gasteiger partial charge in [-0.3, -0.25) is 4.79 Å². The third-order valence-electron chi connectivity index (χ3n) is 4.25. The van der Waals surface area contributed by atoms with Crippen molar-refractivity contribution in [2.24, 2.45) is 7.05 Å². The second-order valence-electron chi connectivity index (χ2n) is 6.01. The molecule has 3 aromatic rings. The molecule has 2 aromatic carbocycles. The Labute approximate surface area is 152 Å². The summed E-state index contributed by atoms with van der Waals surface area (Å²) < 4.78 is 39.3. The summed E-state index contributed by atoms with van der Waals surface area (Å²) in [5, 5.41) is 12.6. The van der Waals surface area contributed by atoms with Crippen molar-refractivity contribution in [3.63, 3.8) is 0 Å². The number of alkyl halides is 3. The predicted octanol–water partition coefficient (Wildman–Crippen LogP) is 4.08. The lowest BCUT2D eigenvalue weighted by Gasteiger charge is -2.09. The van der Waals surface area contributed by atoms with Crippen LogP contribution in [0.3, 0.4) is 0 Å². The normalized spacial score (nSPS) is 11.6. The molecule has 0 atom stereocenters. The van der Waals surface area contributed by atoms with Gasteiger partial charge >= 0.3 is 12.1 Å². The van der Waals surface area contributed by atoms with Crippen molar-refractivity contribution in [1.29, 1.82) is 0 Å². The highest BCUT2D eigenvalue weighted by molar-refractivity contribution is 6.02. The standard InChI is InChI=1S/C19H15F3N2O3/c1-24-15-5-3-2-4-13(15)14(17(24)18(26)27)10-16(25)23-12-8-6-11(7-9-12)19(20,21)22/h2-9H,10H2,1H3,(H,23,25)(H,26,27). The van der Waals surface area contributed by atoms with Gasteiger partial charge in [-0.15, -0.1) is 0 Å². The highest BCUT2D eigenvalue weighted by atomic mass is 19.4. The zero-order valence-electron chi connectivity index (χ0n) is 14.2. The largest absolute Gasteiger partial charge is 0.477 e. The molecule has 27 heavy (non-hydrogen) atoms. The van der Waals surface area contributed by atoms with E-state index in [1.807, 2.05) is 0 Å². The molecule has 0 saturated heterocycles. The van der Waals surface area contributed by atoms with Crippen LogP contribution in [0.15, 0.2) is 48.5 Å². The van der Waals surface area contributed by atoms with Gasteiger partial charge in [-0.25, -0.2) is 4.79 Å². The molecule has 1 amide bonds. The number of rotatable bonds is 4. The molecule has 1 heterocycles. The fourth-order valence-corrected chi connectivity index (χ4v) is 3.03. The number of carboxylic acid groups (broad SMARTS) is 1. The monoisotopic (exact) mass is 376 g/mol. The first-order chi connectivity index (χ1) is 12.7. The second kappa shape index (κ2) is 6.79. The van der Waals surface area contributed by atoms with Crippen LogP contribution in [-0.2, 0) is 24.4 Å². The van der Waals surface area contributed by atoms with E-state index in [1.165, 1.54) is 4.57 Å². The minimum atomic E-state index is -4.46. The van der Waals surface area contributed by atoms with E-state index < -0.39 is 23.6 Å². The Morgan fingerprint density at radius 1 is 1.07 bits per heavy atom. The minimum Gasteiger partial charge on any atom is -0.477 e. The number of anilines is 1. The average Bonchev–Trinajstić information content (AvgIpc) is 2.87. The zero-order chi connectivity index (χ0) is 19.8. The lowest BCUT2D eigenvalue weighted by atomic mass is 10.1. The van der Waals surface area contributed by atoms with E-state index in [9.17, 15) is 27.9 Å². The van der Waals surface area contributed by atoms with Crippen molar-refractivity contribution in [1.82, 2.24) is 4.57 Å². The van der Waals surface area contributed by atoms with E-state index in [4.69, 9.17) is 0 Å². The molecule has 0 spiro atoms. The summed E-state index contributed by atoms with van der Waals surface area (Å²) in [6.07, 6.45) is -4.67.